The van der Waals surface area contributed by atoms with E-state index >= 15 is 0 Å². The first-order valence-electron chi connectivity index (χ1n) is 5.95. The fourth-order valence-electron chi connectivity index (χ4n) is 3.14. The third-order valence-corrected chi connectivity index (χ3v) is 4.09. The molecule has 0 saturated carbocycles. The molecule has 2 aliphatic heterocycles. The van der Waals surface area contributed by atoms with Crippen LogP contribution in [-0.4, -0.2) is 68.9 Å². The quantitative estimate of drug-likeness (QED) is 0.443. The molecule has 2 fully saturated rings. The molecule has 0 aromatic carbocycles. The van der Waals surface area contributed by atoms with Gasteiger partial charge in [-0.1, -0.05) is 0 Å². The number of piperidine rings is 2. The monoisotopic (exact) mass is 231 g/mol. The highest BCUT2D eigenvalue weighted by atomic mass is 16.3. The summed E-state index contributed by atoms with van der Waals surface area (Å²) in [5.41, 5.74) is 0. The number of nitrogens with zero attached hydrogens (tertiary/aromatic N) is 1. The minimum atomic E-state index is -0.680. The number of hydrogen-bond donors (Lipinski definition) is 4. The Morgan fingerprint density at radius 1 is 1.12 bits per heavy atom. The molecule has 0 radical (unpaired) electrons. The van der Waals surface area contributed by atoms with Gasteiger partial charge in [0.2, 0.25) is 0 Å². The predicted molar refractivity (Wildman–Crippen MR) is 57.8 cm³/mol. The molecule has 0 aromatic heterocycles. The van der Waals surface area contributed by atoms with Crippen LogP contribution >= 0.6 is 0 Å². The Labute approximate surface area is 95.3 Å². The van der Waals surface area contributed by atoms with Crippen LogP contribution in [0.2, 0.25) is 0 Å². The molecule has 0 amide bonds. The zero-order valence-corrected chi connectivity index (χ0v) is 9.53. The van der Waals surface area contributed by atoms with Crippen molar-refractivity contribution in [3.8, 4) is 0 Å². The Balaban J connectivity index is 2.17. The normalized spacial score (nSPS) is 50.1. The lowest BCUT2D eigenvalue weighted by atomic mass is 9.79. The van der Waals surface area contributed by atoms with Gasteiger partial charge in [-0.2, -0.15) is 0 Å². The van der Waals surface area contributed by atoms with Crippen molar-refractivity contribution in [2.45, 2.75) is 50.2 Å². The van der Waals surface area contributed by atoms with Crippen LogP contribution in [0.1, 0.15) is 19.8 Å². The zero-order valence-electron chi connectivity index (χ0n) is 9.53. The molecule has 6 atom stereocenters. The maximum atomic E-state index is 9.99. The topological polar surface area (TPSA) is 84.2 Å². The second-order valence-electron chi connectivity index (χ2n) is 5.13. The average molecular weight is 231 g/mol. The molecule has 0 aromatic rings. The van der Waals surface area contributed by atoms with E-state index in [2.05, 4.69) is 0 Å². The van der Waals surface area contributed by atoms with Crippen molar-refractivity contribution in [3.63, 3.8) is 0 Å². The molecular formula is C11H21NO4. The lowest BCUT2D eigenvalue weighted by Crippen LogP contribution is -2.65. The molecule has 5 heteroatoms. The van der Waals surface area contributed by atoms with Crippen LogP contribution in [0.25, 0.3) is 0 Å². The van der Waals surface area contributed by atoms with E-state index < -0.39 is 18.3 Å². The third-order valence-electron chi connectivity index (χ3n) is 4.09. The van der Waals surface area contributed by atoms with E-state index in [1.54, 1.807) is 0 Å². The van der Waals surface area contributed by atoms with Crippen LogP contribution < -0.4 is 0 Å². The highest BCUT2D eigenvalue weighted by Gasteiger charge is 2.46. The minimum Gasteiger partial charge on any atom is -0.396 e. The standard InChI is InChI=1S/C11H21NO4/c1-6-7(5-13)2-9(15)11-10(16)3-8(14)4-12(6)11/h6-11,13-16H,2-5H2,1H3/t6?,7?,8?,9?,10?,11-/m1/s1. The number of aliphatic hydroxyl groups excluding tert-OH is 4. The van der Waals surface area contributed by atoms with Crippen molar-refractivity contribution in [2.75, 3.05) is 13.2 Å². The summed E-state index contributed by atoms with van der Waals surface area (Å²) in [4.78, 5) is 1.94. The summed E-state index contributed by atoms with van der Waals surface area (Å²) >= 11 is 0. The van der Waals surface area contributed by atoms with E-state index in [4.69, 9.17) is 0 Å². The summed E-state index contributed by atoms with van der Waals surface area (Å²) in [6.07, 6.45) is -0.990. The molecule has 5 unspecified atom stereocenters. The van der Waals surface area contributed by atoms with Crippen molar-refractivity contribution < 1.29 is 20.4 Å². The highest BCUT2D eigenvalue weighted by molar-refractivity contribution is 5.00. The van der Waals surface area contributed by atoms with E-state index in [9.17, 15) is 20.4 Å². The Bertz CT molecular complexity index is 250. The van der Waals surface area contributed by atoms with E-state index in [0.29, 0.717) is 19.4 Å². The number of rotatable bonds is 1. The van der Waals surface area contributed by atoms with Gasteiger partial charge in [0, 0.05) is 25.6 Å². The largest absolute Gasteiger partial charge is 0.396 e. The van der Waals surface area contributed by atoms with Gasteiger partial charge in [-0.3, -0.25) is 4.90 Å². The molecule has 16 heavy (non-hydrogen) atoms. The van der Waals surface area contributed by atoms with E-state index in [-0.39, 0.29) is 24.6 Å². The summed E-state index contributed by atoms with van der Waals surface area (Å²) in [5.74, 6) is 0.0174. The van der Waals surface area contributed by atoms with Gasteiger partial charge in [0.15, 0.2) is 0 Å². The second-order valence-corrected chi connectivity index (χ2v) is 5.13. The summed E-state index contributed by atoms with van der Waals surface area (Å²) in [6.45, 7) is 2.48. The Kier molecular flexibility index (Phi) is 3.51. The highest BCUT2D eigenvalue weighted by Crippen LogP contribution is 2.33. The summed E-state index contributed by atoms with van der Waals surface area (Å²) < 4.78 is 0. The summed E-state index contributed by atoms with van der Waals surface area (Å²) in [5, 5.41) is 38.8. The number of fused-ring (bicyclic) bond motifs is 1. The Morgan fingerprint density at radius 2 is 1.75 bits per heavy atom. The van der Waals surface area contributed by atoms with Gasteiger partial charge in [0.05, 0.1) is 24.4 Å². The summed E-state index contributed by atoms with van der Waals surface area (Å²) in [7, 11) is 0. The molecule has 0 spiro atoms. The van der Waals surface area contributed by atoms with Crippen molar-refractivity contribution in [1.82, 2.24) is 4.90 Å². The van der Waals surface area contributed by atoms with Crippen LogP contribution in [0, 0.1) is 5.92 Å². The lowest BCUT2D eigenvalue weighted by Gasteiger charge is -2.52. The Hall–Kier alpha value is -0.200. The van der Waals surface area contributed by atoms with Crippen LogP contribution in [0.5, 0.6) is 0 Å². The van der Waals surface area contributed by atoms with Gasteiger partial charge in [0.25, 0.3) is 0 Å². The molecule has 94 valence electrons. The maximum Gasteiger partial charge on any atom is 0.0745 e. The van der Waals surface area contributed by atoms with Gasteiger partial charge in [-0.25, -0.2) is 0 Å². The van der Waals surface area contributed by atoms with Gasteiger partial charge in [-0.15, -0.1) is 0 Å². The molecule has 5 nitrogen and oxygen atoms in total. The lowest BCUT2D eigenvalue weighted by molar-refractivity contribution is -0.145. The first-order chi connectivity index (χ1) is 7.54. The molecule has 0 bridgehead atoms. The third kappa shape index (κ3) is 1.98. The predicted octanol–water partition coefficient (Wildman–Crippen LogP) is -1.46. The van der Waals surface area contributed by atoms with Crippen LogP contribution in [0.4, 0.5) is 0 Å². The molecule has 2 rings (SSSR count). The minimum absolute atomic E-state index is 0.0174. The molecule has 2 saturated heterocycles. The molecule has 2 aliphatic rings. The SMILES string of the molecule is CC1C(CO)CC(O)[C@@H]2C(O)CC(O)CN12. The van der Waals surface area contributed by atoms with Gasteiger partial charge in [-0.05, 0) is 19.3 Å². The van der Waals surface area contributed by atoms with Crippen molar-refractivity contribution in [1.29, 1.82) is 0 Å². The van der Waals surface area contributed by atoms with Crippen LogP contribution in [0.3, 0.4) is 0 Å². The maximum absolute atomic E-state index is 9.99. The fraction of sp³-hybridized carbons (Fsp3) is 1.00. The molecule has 4 N–H and O–H groups in total. The van der Waals surface area contributed by atoms with Gasteiger partial charge >= 0.3 is 0 Å². The van der Waals surface area contributed by atoms with Crippen molar-refractivity contribution in [2.24, 2.45) is 5.92 Å². The average Bonchev–Trinajstić information content (AvgIpc) is 2.22. The van der Waals surface area contributed by atoms with E-state index in [1.165, 1.54) is 0 Å². The van der Waals surface area contributed by atoms with Crippen LogP contribution in [-0.2, 0) is 0 Å². The summed E-state index contributed by atoms with van der Waals surface area (Å²) in [6, 6.07) is -0.204. The molecular weight excluding hydrogens is 210 g/mol. The van der Waals surface area contributed by atoms with Crippen LogP contribution in [0.15, 0.2) is 0 Å². The van der Waals surface area contributed by atoms with Crippen molar-refractivity contribution >= 4 is 0 Å². The second kappa shape index (κ2) is 4.58. The molecule has 2 heterocycles. The molecule has 0 aliphatic carbocycles. The van der Waals surface area contributed by atoms with E-state index in [1.807, 2.05) is 11.8 Å². The zero-order chi connectivity index (χ0) is 11.9. The number of aliphatic hydroxyl groups is 4. The number of hydrogen-bond acceptors (Lipinski definition) is 5. The fourth-order valence-corrected chi connectivity index (χ4v) is 3.14. The Morgan fingerprint density at radius 3 is 2.38 bits per heavy atom. The van der Waals surface area contributed by atoms with Gasteiger partial charge < -0.3 is 20.4 Å². The van der Waals surface area contributed by atoms with Gasteiger partial charge in [0.1, 0.15) is 0 Å². The smallest absolute Gasteiger partial charge is 0.0745 e. The first kappa shape index (κ1) is 12.3. The van der Waals surface area contributed by atoms with Crippen molar-refractivity contribution in [3.05, 3.63) is 0 Å². The first-order valence-corrected chi connectivity index (χ1v) is 5.95. The van der Waals surface area contributed by atoms with E-state index in [0.717, 1.165) is 0 Å².